The van der Waals surface area contributed by atoms with Crippen LogP contribution in [-0.4, -0.2) is 6.29 Å². The second-order valence-electron chi connectivity index (χ2n) is 2.54. The van der Waals surface area contributed by atoms with Crippen LogP contribution in [0.1, 0.15) is 10.4 Å². The van der Waals surface area contributed by atoms with E-state index in [1.54, 1.807) is 12.1 Å². The summed E-state index contributed by atoms with van der Waals surface area (Å²) >= 11 is 7.10. The predicted octanol–water partition coefficient (Wildman–Crippen LogP) is 3.51. The number of carbonyl (C=O) groups is 1. The van der Waals surface area contributed by atoms with Gasteiger partial charge in [0.15, 0.2) is 6.29 Å². The minimum Gasteiger partial charge on any atom is -0.298 e. The summed E-state index contributed by atoms with van der Waals surface area (Å²) < 4.78 is 13.9. The number of thiophene rings is 1. The van der Waals surface area contributed by atoms with Crippen molar-refractivity contribution in [3.05, 3.63) is 33.9 Å². The van der Waals surface area contributed by atoms with Gasteiger partial charge in [-0.3, -0.25) is 4.79 Å². The summed E-state index contributed by atoms with van der Waals surface area (Å²) in [6.07, 6.45) is 0.624. The van der Waals surface area contributed by atoms with E-state index in [1.165, 1.54) is 16.7 Å². The molecule has 0 aliphatic heterocycles. The molecule has 2 rings (SSSR count). The van der Waals surface area contributed by atoms with Crippen molar-refractivity contribution in [2.24, 2.45) is 0 Å². The Morgan fingerprint density at radius 3 is 2.92 bits per heavy atom. The fourth-order valence-corrected chi connectivity index (χ4v) is 2.33. The Labute approximate surface area is 82.7 Å². The zero-order valence-electron chi connectivity index (χ0n) is 6.38. The number of hydrogen-bond donors (Lipinski definition) is 0. The van der Waals surface area contributed by atoms with Crippen molar-refractivity contribution in [2.45, 2.75) is 0 Å². The standard InChI is InChI=1S/C9H4ClFOS/c10-9-5(3-12)1-2-7-8(9)6(11)4-13-7/h1-4H. The molecule has 0 N–H and O–H groups in total. The van der Waals surface area contributed by atoms with Gasteiger partial charge < -0.3 is 0 Å². The van der Waals surface area contributed by atoms with E-state index in [1.807, 2.05) is 0 Å². The van der Waals surface area contributed by atoms with Crippen LogP contribution < -0.4 is 0 Å². The van der Waals surface area contributed by atoms with Gasteiger partial charge in [0.1, 0.15) is 5.82 Å². The van der Waals surface area contributed by atoms with Crippen molar-refractivity contribution in [2.75, 3.05) is 0 Å². The third-order valence-corrected chi connectivity index (χ3v) is 3.11. The van der Waals surface area contributed by atoms with Crippen molar-refractivity contribution in [3.63, 3.8) is 0 Å². The van der Waals surface area contributed by atoms with E-state index in [9.17, 15) is 9.18 Å². The highest BCUT2D eigenvalue weighted by molar-refractivity contribution is 7.17. The first-order chi connectivity index (χ1) is 6.24. The number of carbonyl (C=O) groups excluding carboxylic acids is 1. The zero-order chi connectivity index (χ0) is 9.42. The zero-order valence-corrected chi connectivity index (χ0v) is 7.95. The summed E-state index contributed by atoms with van der Waals surface area (Å²) in [7, 11) is 0. The highest BCUT2D eigenvalue weighted by Gasteiger charge is 2.10. The molecule has 0 amide bonds. The number of benzene rings is 1. The number of hydrogen-bond acceptors (Lipinski definition) is 2. The quantitative estimate of drug-likeness (QED) is 0.664. The highest BCUT2D eigenvalue weighted by Crippen LogP contribution is 2.32. The number of halogens is 2. The van der Waals surface area contributed by atoms with Crippen molar-refractivity contribution in [1.82, 2.24) is 0 Å². The first-order valence-electron chi connectivity index (χ1n) is 3.54. The Morgan fingerprint density at radius 2 is 2.23 bits per heavy atom. The van der Waals surface area contributed by atoms with Gasteiger partial charge in [0.2, 0.25) is 0 Å². The molecule has 0 atom stereocenters. The van der Waals surface area contributed by atoms with Crippen molar-refractivity contribution < 1.29 is 9.18 Å². The number of fused-ring (bicyclic) bond motifs is 1. The summed E-state index contributed by atoms with van der Waals surface area (Å²) in [6, 6.07) is 3.28. The van der Waals surface area contributed by atoms with Gasteiger partial charge in [0.25, 0.3) is 0 Å². The summed E-state index contributed by atoms with van der Waals surface area (Å²) in [6.45, 7) is 0. The molecular weight excluding hydrogens is 211 g/mol. The van der Waals surface area contributed by atoms with Crippen LogP contribution in [0.5, 0.6) is 0 Å². The molecule has 13 heavy (non-hydrogen) atoms. The minimum atomic E-state index is -0.367. The minimum absolute atomic E-state index is 0.200. The Morgan fingerprint density at radius 1 is 1.46 bits per heavy atom. The second-order valence-corrected chi connectivity index (χ2v) is 3.83. The Kier molecular flexibility index (Phi) is 2.06. The molecule has 0 spiro atoms. The molecule has 0 saturated carbocycles. The summed E-state index contributed by atoms with van der Waals surface area (Å²) in [5.74, 6) is -0.367. The van der Waals surface area contributed by atoms with Gasteiger partial charge in [-0.25, -0.2) is 4.39 Å². The van der Waals surface area contributed by atoms with Gasteiger partial charge >= 0.3 is 0 Å². The van der Waals surface area contributed by atoms with Gasteiger partial charge in [-0.2, -0.15) is 0 Å². The summed E-state index contributed by atoms with van der Waals surface area (Å²) in [5.41, 5.74) is 0.325. The molecule has 1 aromatic heterocycles. The van der Waals surface area contributed by atoms with Crippen LogP contribution in [0.25, 0.3) is 10.1 Å². The Balaban J connectivity index is 2.91. The van der Waals surface area contributed by atoms with Crippen molar-refractivity contribution >= 4 is 39.3 Å². The lowest BCUT2D eigenvalue weighted by atomic mass is 10.2. The lowest BCUT2D eigenvalue weighted by Crippen LogP contribution is -1.82. The van der Waals surface area contributed by atoms with Gasteiger partial charge in [0.05, 0.1) is 5.02 Å². The van der Waals surface area contributed by atoms with E-state index < -0.39 is 0 Å². The first-order valence-corrected chi connectivity index (χ1v) is 4.80. The Hall–Kier alpha value is -0.930. The largest absolute Gasteiger partial charge is 0.298 e. The molecule has 0 unspecified atom stereocenters. The van der Waals surface area contributed by atoms with E-state index >= 15 is 0 Å². The lowest BCUT2D eigenvalue weighted by Gasteiger charge is -1.97. The van der Waals surface area contributed by atoms with Crippen LogP contribution >= 0.6 is 22.9 Å². The molecule has 1 nitrogen and oxygen atoms in total. The van der Waals surface area contributed by atoms with Crippen LogP contribution in [-0.2, 0) is 0 Å². The third kappa shape index (κ3) is 1.24. The third-order valence-electron chi connectivity index (χ3n) is 1.79. The molecule has 0 aliphatic rings. The molecule has 66 valence electrons. The maximum Gasteiger partial charge on any atom is 0.151 e. The topological polar surface area (TPSA) is 17.1 Å². The van der Waals surface area contributed by atoms with Crippen LogP contribution in [0.2, 0.25) is 5.02 Å². The molecule has 1 aromatic carbocycles. The van der Waals surface area contributed by atoms with Crippen LogP contribution in [0.3, 0.4) is 0 Å². The lowest BCUT2D eigenvalue weighted by molar-refractivity contribution is 0.112. The van der Waals surface area contributed by atoms with Crippen molar-refractivity contribution in [3.8, 4) is 0 Å². The molecule has 4 heteroatoms. The molecule has 1 heterocycles. The molecular formula is C9H4ClFOS. The van der Waals surface area contributed by atoms with Gasteiger partial charge in [-0.15, -0.1) is 11.3 Å². The maximum absolute atomic E-state index is 13.1. The molecule has 0 fully saturated rings. The molecule has 0 radical (unpaired) electrons. The first kappa shape index (κ1) is 8.66. The van der Waals surface area contributed by atoms with Crippen molar-refractivity contribution in [1.29, 1.82) is 0 Å². The summed E-state index contributed by atoms with van der Waals surface area (Å²) in [4.78, 5) is 10.5. The smallest absolute Gasteiger partial charge is 0.151 e. The average Bonchev–Trinajstić information content (AvgIpc) is 2.49. The second kappa shape index (κ2) is 3.09. The SMILES string of the molecule is O=Cc1ccc2scc(F)c2c1Cl. The van der Waals surface area contributed by atoms with Gasteiger partial charge in [-0.05, 0) is 12.1 Å². The molecule has 2 aromatic rings. The summed E-state index contributed by atoms with van der Waals surface area (Å²) in [5, 5.41) is 1.92. The molecule has 0 saturated heterocycles. The van der Waals surface area contributed by atoms with E-state index in [0.717, 1.165) is 4.70 Å². The fourth-order valence-electron chi connectivity index (χ4n) is 1.16. The number of rotatable bonds is 1. The Bertz CT molecular complexity index is 478. The van der Waals surface area contributed by atoms with E-state index in [2.05, 4.69) is 0 Å². The van der Waals surface area contributed by atoms with Crippen LogP contribution in [0.15, 0.2) is 17.5 Å². The van der Waals surface area contributed by atoms with Crippen LogP contribution in [0, 0.1) is 5.82 Å². The monoisotopic (exact) mass is 214 g/mol. The maximum atomic E-state index is 13.1. The van der Waals surface area contributed by atoms with Gasteiger partial charge in [-0.1, -0.05) is 11.6 Å². The predicted molar refractivity (Wildman–Crippen MR) is 52.2 cm³/mol. The van der Waals surface area contributed by atoms with E-state index in [-0.39, 0.29) is 10.8 Å². The number of aldehydes is 1. The normalized spacial score (nSPS) is 10.6. The van der Waals surface area contributed by atoms with E-state index in [0.29, 0.717) is 17.2 Å². The molecule has 0 bridgehead atoms. The molecule has 0 aliphatic carbocycles. The fraction of sp³-hybridized carbons (Fsp3) is 0. The average molecular weight is 215 g/mol. The van der Waals surface area contributed by atoms with E-state index in [4.69, 9.17) is 11.6 Å². The highest BCUT2D eigenvalue weighted by atomic mass is 35.5. The van der Waals surface area contributed by atoms with Crippen LogP contribution in [0.4, 0.5) is 4.39 Å². The van der Waals surface area contributed by atoms with Gasteiger partial charge in [0, 0.05) is 21.0 Å².